The summed E-state index contributed by atoms with van der Waals surface area (Å²) in [6.45, 7) is 0. The van der Waals surface area contributed by atoms with Crippen LogP contribution < -0.4 is 0 Å². The molecule has 0 aromatic heterocycles. The van der Waals surface area contributed by atoms with Gasteiger partial charge in [0.2, 0.25) is 0 Å². The van der Waals surface area contributed by atoms with Crippen LogP contribution in [0, 0.1) is 0 Å². The molecule has 1 aromatic rings. The Morgan fingerprint density at radius 3 is 1.71 bits per heavy atom. The highest BCUT2D eigenvalue weighted by atomic mass is 32.3. The average molecular weight is 222 g/mol. The van der Waals surface area contributed by atoms with E-state index in [9.17, 15) is 12.3 Å². The minimum atomic E-state index is -4.50. The van der Waals surface area contributed by atoms with Gasteiger partial charge in [0.1, 0.15) is 0 Å². The van der Waals surface area contributed by atoms with Gasteiger partial charge in [-0.25, -0.2) is 4.79 Å². The highest BCUT2D eigenvalue weighted by molar-refractivity contribution is 7.86. The second-order valence-corrected chi connectivity index (χ2v) is 3.38. The van der Waals surface area contributed by atoms with Crippen LogP contribution >= 0.6 is 0 Å². The summed E-state index contributed by atoms with van der Waals surface area (Å²) in [5.41, 5.74) is 0. The molecule has 2 N–H and O–H groups in total. The molecule has 14 heavy (non-hydrogen) atoms. The third-order valence-corrected chi connectivity index (χ3v) is 1.86. The Morgan fingerprint density at radius 2 is 1.50 bits per heavy atom. The Balaban J connectivity index is 0.000000364. The maximum absolute atomic E-state index is 12.1. The van der Waals surface area contributed by atoms with Gasteiger partial charge in [-0.15, -0.1) is 3.89 Å². The monoisotopic (exact) mass is 222 g/mol. The van der Waals surface area contributed by atoms with E-state index in [1.807, 2.05) is 0 Å². The number of halogens is 1. The maximum atomic E-state index is 12.1. The fourth-order valence-electron chi connectivity index (χ4n) is 0.583. The van der Waals surface area contributed by atoms with Crippen LogP contribution in [0.15, 0.2) is 35.2 Å². The molecular weight excluding hydrogens is 215 g/mol. The van der Waals surface area contributed by atoms with E-state index in [4.69, 9.17) is 15.0 Å². The first-order valence-electron chi connectivity index (χ1n) is 3.25. The second-order valence-electron chi connectivity index (χ2n) is 2.03. The minimum absolute atomic E-state index is 0.296. The van der Waals surface area contributed by atoms with Crippen molar-refractivity contribution in [2.75, 3.05) is 0 Å². The van der Waals surface area contributed by atoms with Crippen molar-refractivity contribution in [1.82, 2.24) is 0 Å². The maximum Gasteiger partial charge on any atom is 0.503 e. The largest absolute Gasteiger partial charge is 0.503 e. The Kier molecular flexibility index (Phi) is 4.57. The summed E-state index contributed by atoms with van der Waals surface area (Å²) in [5, 5.41) is 13.9. The third-order valence-electron chi connectivity index (χ3n) is 1.02. The molecule has 0 atom stereocenters. The number of hydrogen-bond donors (Lipinski definition) is 2. The molecule has 0 fully saturated rings. The normalized spacial score (nSPS) is 9.79. The Bertz CT molecular complexity index is 382. The van der Waals surface area contributed by atoms with Gasteiger partial charge < -0.3 is 10.2 Å². The summed E-state index contributed by atoms with van der Waals surface area (Å²) in [7, 11) is -4.50. The topological polar surface area (TPSA) is 91.7 Å². The molecule has 0 aliphatic heterocycles. The lowest BCUT2D eigenvalue weighted by atomic mass is 10.4. The molecule has 1 aromatic carbocycles. The van der Waals surface area contributed by atoms with E-state index < -0.39 is 16.4 Å². The van der Waals surface area contributed by atoms with Gasteiger partial charge in [0.25, 0.3) is 0 Å². The van der Waals surface area contributed by atoms with Crippen molar-refractivity contribution in [1.29, 1.82) is 0 Å². The minimum Gasteiger partial charge on any atom is -0.450 e. The standard InChI is InChI=1S/C6H5FO2S.CH2O3/c7-10(8,9)6-4-2-1-3-5-6;2-1(3)4/h1-5H;(H2,2,3,4). The number of rotatable bonds is 1. The molecule has 0 radical (unpaired) electrons. The van der Waals surface area contributed by atoms with E-state index in [1.54, 1.807) is 6.07 Å². The zero-order chi connectivity index (χ0) is 11.2. The van der Waals surface area contributed by atoms with Crippen LogP contribution in [-0.4, -0.2) is 24.8 Å². The van der Waals surface area contributed by atoms with Crippen LogP contribution in [0.4, 0.5) is 8.68 Å². The summed E-state index contributed by atoms with van der Waals surface area (Å²) in [6.07, 6.45) is -1.83. The van der Waals surface area contributed by atoms with Crippen LogP contribution in [0.3, 0.4) is 0 Å². The zero-order valence-electron chi connectivity index (χ0n) is 6.79. The van der Waals surface area contributed by atoms with E-state index in [0.717, 1.165) is 0 Å². The zero-order valence-corrected chi connectivity index (χ0v) is 7.61. The summed E-state index contributed by atoms with van der Waals surface area (Å²) in [5.74, 6) is 0. The molecular formula is C7H7FO5S. The van der Waals surface area contributed by atoms with Crippen LogP contribution in [0.1, 0.15) is 0 Å². The first kappa shape index (κ1) is 12.4. The predicted molar refractivity (Wildman–Crippen MR) is 45.4 cm³/mol. The summed E-state index contributed by atoms with van der Waals surface area (Å²) in [6, 6.07) is 6.96. The highest BCUT2D eigenvalue weighted by Gasteiger charge is 2.08. The van der Waals surface area contributed by atoms with Gasteiger partial charge in [-0.3, -0.25) is 0 Å². The predicted octanol–water partition coefficient (Wildman–Crippen LogP) is 1.57. The molecule has 0 aliphatic carbocycles. The molecule has 0 heterocycles. The molecule has 0 bridgehead atoms. The molecule has 0 aliphatic rings. The smallest absolute Gasteiger partial charge is 0.450 e. The lowest BCUT2D eigenvalue weighted by Gasteiger charge is -1.89. The molecule has 1 rings (SSSR count). The van der Waals surface area contributed by atoms with Gasteiger partial charge in [-0.2, -0.15) is 8.42 Å². The van der Waals surface area contributed by atoms with Crippen molar-refractivity contribution >= 4 is 16.4 Å². The molecule has 0 saturated carbocycles. The van der Waals surface area contributed by atoms with Crippen molar-refractivity contribution in [3.63, 3.8) is 0 Å². The van der Waals surface area contributed by atoms with Crippen molar-refractivity contribution in [2.24, 2.45) is 0 Å². The van der Waals surface area contributed by atoms with Gasteiger partial charge in [-0.1, -0.05) is 18.2 Å². The molecule has 0 unspecified atom stereocenters. The average Bonchev–Trinajstić information content (AvgIpc) is 2.03. The van der Waals surface area contributed by atoms with E-state index in [-0.39, 0.29) is 4.90 Å². The molecule has 78 valence electrons. The van der Waals surface area contributed by atoms with E-state index in [1.165, 1.54) is 24.3 Å². The Labute approximate surface area is 79.6 Å². The van der Waals surface area contributed by atoms with Crippen LogP contribution in [0.2, 0.25) is 0 Å². The van der Waals surface area contributed by atoms with Crippen molar-refractivity contribution in [3.05, 3.63) is 30.3 Å². The lowest BCUT2D eigenvalue weighted by Crippen LogP contribution is -1.89. The second kappa shape index (κ2) is 5.18. The number of hydrogen-bond acceptors (Lipinski definition) is 3. The SMILES string of the molecule is O=C(O)O.O=S(=O)(F)c1ccccc1. The number of carbonyl (C=O) groups is 1. The first-order chi connectivity index (χ1) is 6.34. The van der Waals surface area contributed by atoms with Gasteiger partial charge >= 0.3 is 16.4 Å². The molecule has 7 heteroatoms. The lowest BCUT2D eigenvalue weighted by molar-refractivity contribution is 0.137. The summed E-state index contributed by atoms with van der Waals surface area (Å²) >= 11 is 0. The fourth-order valence-corrected chi connectivity index (χ4v) is 1.07. The van der Waals surface area contributed by atoms with Crippen molar-refractivity contribution < 1.29 is 27.3 Å². The first-order valence-corrected chi connectivity index (χ1v) is 4.64. The number of benzene rings is 1. The number of carboxylic acid groups (broad SMARTS) is 2. The summed E-state index contributed by atoms with van der Waals surface area (Å²) in [4.78, 5) is 8.26. The van der Waals surface area contributed by atoms with Crippen LogP contribution in [0.5, 0.6) is 0 Å². The van der Waals surface area contributed by atoms with Gasteiger partial charge in [0.05, 0.1) is 4.90 Å². The highest BCUT2D eigenvalue weighted by Crippen LogP contribution is 2.09. The summed E-state index contributed by atoms with van der Waals surface area (Å²) < 4.78 is 32.4. The van der Waals surface area contributed by atoms with Gasteiger partial charge in [0.15, 0.2) is 0 Å². The van der Waals surface area contributed by atoms with Gasteiger partial charge in [-0.05, 0) is 12.1 Å². The van der Waals surface area contributed by atoms with E-state index in [2.05, 4.69) is 0 Å². The Hall–Kier alpha value is -1.63. The van der Waals surface area contributed by atoms with Crippen molar-refractivity contribution in [3.8, 4) is 0 Å². The molecule has 5 nitrogen and oxygen atoms in total. The molecule has 0 spiro atoms. The quantitative estimate of drug-likeness (QED) is 0.703. The molecule has 0 amide bonds. The van der Waals surface area contributed by atoms with Crippen molar-refractivity contribution in [2.45, 2.75) is 4.90 Å². The van der Waals surface area contributed by atoms with Crippen LogP contribution in [0.25, 0.3) is 0 Å². The van der Waals surface area contributed by atoms with Crippen LogP contribution in [-0.2, 0) is 10.2 Å². The Morgan fingerprint density at radius 1 is 1.14 bits per heavy atom. The molecule has 0 saturated heterocycles. The van der Waals surface area contributed by atoms with E-state index in [0.29, 0.717) is 0 Å². The third kappa shape index (κ3) is 5.95. The van der Waals surface area contributed by atoms with E-state index >= 15 is 0 Å². The fraction of sp³-hybridized carbons (Fsp3) is 0. The van der Waals surface area contributed by atoms with Gasteiger partial charge in [0, 0.05) is 0 Å².